The van der Waals surface area contributed by atoms with E-state index in [1.165, 1.54) is 67.8 Å². The van der Waals surface area contributed by atoms with Gasteiger partial charge in [-0.15, -0.1) is 0 Å². The third kappa shape index (κ3) is 5.85. The maximum Gasteiger partial charge on any atom is 0.338 e. The number of hydrogen-bond acceptors (Lipinski definition) is 6. The number of ether oxygens (including phenoxy) is 2. The van der Waals surface area contributed by atoms with Gasteiger partial charge in [0.05, 0.1) is 36.2 Å². The van der Waals surface area contributed by atoms with Gasteiger partial charge in [-0.2, -0.15) is 0 Å². The molecular weight excluding hydrogens is 582 g/mol. The Morgan fingerprint density at radius 2 is 1.20 bits per heavy atom. The van der Waals surface area contributed by atoms with E-state index in [0.29, 0.717) is 16.6 Å². The Hall–Kier alpha value is -5.90. The predicted octanol–water partition coefficient (Wildman–Crippen LogP) is 6.12. The highest BCUT2D eigenvalue weighted by Crippen LogP contribution is 2.22. The van der Waals surface area contributed by atoms with Crippen LogP contribution in [0.2, 0.25) is 0 Å². The summed E-state index contributed by atoms with van der Waals surface area (Å²) in [4.78, 5) is 52.0. The Balaban J connectivity index is 1.23. The van der Waals surface area contributed by atoms with Crippen molar-refractivity contribution in [1.29, 1.82) is 0 Å². The number of carbonyl (C=O) groups excluding carboxylic acids is 4. The lowest BCUT2D eigenvalue weighted by Crippen LogP contribution is -2.13. The SMILES string of the molecule is COC(=O)c1cc(C(=O)c2ccc(F)cc2)n2cc(CCOC(=O)c3cc(C(=O)c4ccc(F)cc4)n4cccc4c3)cc2c1. The minimum atomic E-state index is -0.643. The normalized spacial score (nSPS) is 11.1. The second kappa shape index (κ2) is 12.0. The van der Waals surface area contributed by atoms with Crippen LogP contribution in [0, 0.1) is 11.6 Å². The summed E-state index contributed by atoms with van der Waals surface area (Å²) in [5.74, 6) is -3.03. The van der Waals surface area contributed by atoms with Gasteiger partial charge in [0.25, 0.3) is 0 Å². The van der Waals surface area contributed by atoms with Gasteiger partial charge < -0.3 is 18.3 Å². The van der Waals surface area contributed by atoms with E-state index in [1.807, 2.05) is 0 Å². The molecule has 0 fully saturated rings. The number of nitrogens with zero attached hydrogens (tertiary/aromatic N) is 2. The smallest absolute Gasteiger partial charge is 0.338 e. The number of carbonyl (C=O) groups is 4. The summed E-state index contributed by atoms with van der Waals surface area (Å²) < 4.78 is 40.5. The Kier molecular flexibility index (Phi) is 7.78. The van der Waals surface area contributed by atoms with E-state index in [4.69, 9.17) is 9.47 Å². The predicted molar refractivity (Wildman–Crippen MR) is 160 cm³/mol. The highest BCUT2D eigenvalue weighted by Gasteiger charge is 2.20. The Morgan fingerprint density at radius 3 is 1.80 bits per heavy atom. The van der Waals surface area contributed by atoms with Gasteiger partial charge in [0.1, 0.15) is 11.6 Å². The van der Waals surface area contributed by atoms with E-state index >= 15 is 0 Å². The van der Waals surface area contributed by atoms with Gasteiger partial charge in [0.15, 0.2) is 0 Å². The second-order valence-electron chi connectivity index (χ2n) is 10.3. The van der Waals surface area contributed by atoms with Gasteiger partial charge in [-0.25, -0.2) is 18.4 Å². The molecule has 0 bridgehead atoms. The molecule has 0 spiro atoms. The summed E-state index contributed by atoms with van der Waals surface area (Å²) in [6.45, 7) is -0.0196. The molecule has 0 atom stereocenters. The highest BCUT2D eigenvalue weighted by atomic mass is 19.1. The fourth-order valence-electron chi connectivity index (χ4n) is 5.11. The highest BCUT2D eigenvalue weighted by molar-refractivity contribution is 6.10. The number of ketones is 2. The van der Waals surface area contributed by atoms with Gasteiger partial charge in [-0.05, 0) is 96.6 Å². The fraction of sp³-hybridized carbons (Fsp3) is 0.0857. The molecule has 224 valence electrons. The van der Waals surface area contributed by atoms with Crippen LogP contribution in [-0.2, 0) is 15.9 Å². The van der Waals surface area contributed by atoms with Crippen LogP contribution in [0.1, 0.15) is 58.4 Å². The maximum absolute atomic E-state index is 13.5. The van der Waals surface area contributed by atoms with E-state index in [0.717, 1.165) is 0 Å². The molecule has 4 aromatic heterocycles. The fourth-order valence-corrected chi connectivity index (χ4v) is 5.11. The lowest BCUT2D eigenvalue weighted by molar-refractivity contribution is 0.0508. The van der Waals surface area contributed by atoms with Crippen molar-refractivity contribution in [2.75, 3.05) is 13.7 Å². The topological polar surface area (TPSA) is 95.6 Å². The van der Waals surface area contributed by atoms with Gasteiger partial charge in [0.2, 0.25) is 11.6 Å². The standard InChI is InChI=1S/C35H24F2N2O6/c1-44-34(42)24-17-29-15-21(20-39(29)31(18-24)33(41)23-6-10-27(37)11-7-23)12-14-45-35(43)25-16-28-3-2-13-38(28)30(19-25)32(40)22-4-8-26(36)9-5-22/h2-11,13,15-20H,12,14H2,1H3. The molecule has 0 radical (unpaired) electrons. The summed E-state index contributed by atoms with van der Waals surface area (Å²) >= 11 is 0. The number of fused-ring (bicyclic) bond motifs is 2. The van der Waals surface area contributed by atoms with Crippen molar-refractivity contribution in [3.05, 3.63) is 154 Å². The Bertz CT molecular complexity index is 2110. The zero-order chi connectivity index (χ0) is 31.7. The molecule has 0 saturated carbocycles. The average molecular weight is 607 g/mol. The van der Waals surface area contributed by atoms with Crippen molar-refractivity contribution < 1.29 is 37.4 Å². The molecule has 45 heavy (non-hydrogen) atoms. The first-order valence-corrected chi connectivity index (χ1v) is 13.8. The number of aromatic nitrogens is 2. The second-order valence-corrected chi connectivity index (χ2v) is 10.3. The summed E-state index contributed by atoms with van der Waals surface area (Å²) in [7, 11) is 1.24. The molecule has 0 N–H and O–H groups in total. The van der Waals surface area contributed by atoms with Crippen LogP contribution in [0.4, 0.5) is 8.78 Å². The largest absolute Gasteiger partial charge is 0.465 e. The molecule has 4 heterocycles. The molecule has 6 aromatic rings. The summed E-state index contributed by atoms with van der Waals surface area (Å²) in [5.41, 5.74) is 3.08. The quantitative estimate of drug-likeness (QED) is 0.145. The number of esters is 2. The number of methoxy groups -OCH3 is 1. The van der Waals surface area contributed by atoms with Gasteiger partial charge >= 0.3 is 11.9 Å². The van der Waals surface area contributed by atoms with E-state index in [9.17, 15) is 28.0 Å². The first-order valence-electron chi connectivity index (χ1n) is 13.8. The van der Waals surface area contributed by atoms with Crippen molar-refractivity contribution >= 4 is 34.5 Å². The minimum absolute atomic E-state index is 0.0196. The Morgan fingerprint density at radius 1 is 0.644 bits per heavy atom. The number of hydrogen-bond donors (Lipinski definition) is 0. The minimum Gasteiger partial charge on any atom is -0.465 e. The number of halogens is 2. The molecule has 6 rings (SSSR count). The van der Waals surface area contributed by atoms with Crippen molar-refractivity contribution in [1.82, 2.24) is 8.80 Å². The molecule has 0 aliphatic heterocycles. The van der Waals surface area contributed by atoms with Crippen LogP contribution in [0.3, 0.4) is 0 Å². The van der Waals surface area contributed by atoms with Crippen molar-refractivity contribution in [3.8, 4) is 0 Å². The van der Waals surface area contributed by atoms with Crippen LogP contribution >= 0.6 is 0 Å². The summed E-state index contributed by atoms with van der Waals surface area (Å²) in [6, 6.07) is 21.5. The van der Waals surface area contributed by atoms with Crippen LogP contribution in [-0.4, -0.2) is 46.0 Å². The van der Waals surface area contributed by atoms with Crippen molar-refractivity contribution in [2.24, 2.45) is 0 Å². The molecule has 0 unspecified atom stereocenters. The lowest BCUT2D eigenvalue weighted by atomic mass is 10.1. The summed E-state index contributed by atoms with van der Waals surface area (Å²) in [6.07, 6.45) is 3.67. The summed E-state index contributed by atoms with van der Waals surface area (Å²) in [5, 5.41) is 0. The Labute approximate surface area is 255 Å². The number of benzene rings is 2. The van der Waals surface area contributed by atoms with E-state index < -0.39 is 29.4 Å². The molecule has 10 heteroatoms. The molecule has 0 amide bonds. The number of rotatable bonds is 9. The third-order valence-corrected chi connectivity index (χ3v) is 7.36. The lowest BCUT2D eigenvalue weighted by Gasteiger charge is -2.10. The first-order chi connectivity index (χ1) is 21.7. The zero-order valence-electron chi connectivity index (χ0n) is 23.8. The van der Waals surface area contributed by atoms with Gasteiger partial charge in [0, 0.05) is 41.0 Å². The van der Waals surface area contributed by atoms with Crippen LogP contribution in [0.15, 0.2) is 103 Å². The molecule has 2 aromatic carbocycles. The molecule has 8 nitrogen and oxygen atoms in total. The molecule has 0 saturated heterocycles. The van der Waals surface area contributed by atoms with Gasteiger partial charge in [-0.3, -0.25) is 9.59 Å². The molecule has 0 aliphatic carbocycles. The molecule has 0 aliphatic rings. The van der Waals surface area contributed by atoms with Crippen molar-refractivity contribution in [3.63, 3.8) is 0 Å². The van der Waals surface area contributed by atoms with E-state index in [2.05, 4.69) is 0 Å². The van der Waals surface area contributed by atoms with Gasteiger partial charge in [-0.1, -0.05) is 0 Å². The van der Waals surface area contributed by atoms with E-state index in [-0.39, 0.29) is 52.5 Å². The van der Waals surface area contributed by atoms with Crippen molar-refractivity contribution in [2.45, 2.75) is 6.42 Å². The zero-order valence-corrected chi connectivity index (χ0v) is 23.8. The van der Waals surface area contributed by atoms with Crippen LogP contribution in [0.25, 0.3) is 11.0 Å². The monoisotopic (exact) mass is 606 g/mol. The van der Waals surface area contributed by atoms with Crippen LogP contribution in [0.5, 0.6) is 0 Å². The first kappa shape index (κ1) is 29.2. The van der Waals surface area contributed by atoms with Crippen LogP contribution < -0.4 is 0 Å². The van der Waals surface area contributed by atoms with E-state index in [1.54, 1.807) is 51.5 Å². The molecular formula is C35H24F2N2O6. The average Bonchev–Trinajstić information content (AvgIpc) is 3.70. The number of pyridine rings is 2. The maximum atomic E-state index is 13.5. The third-order valence-electron chi connectivity index (χ3n) is 7.36.